The van der Waals surface area contributed by atoms with Gasteiger partial charge in [-0.2, -0.15) is 14.4 Å². The molecule has 8 heteroatoms. The topological polar surface area (TPSA) is 111 Å². The largest absolute Gasteiger partial charge is 0.477 e. The summed E-state index contributed by atoms with van der Waals surface area (Å²) in [5, 5.41) is 19.5. The van der Waals surface area contributed by atoms with E-state index in [-0.39, 0.29) is 22.9 Å². The smallest absolute Gasteiger partial charge is 0.349 e. The lowest BCUT2D eigenvalue weighted by atomic mass is 10.2. The Hall–Kier alpha value is -2.51. The molecular weight excluding hydrogens is 216 g/mol. The second kappa shape index (κ2) is 3.26. The Balaban J connectivity index is 2.79. The number of carboxylic acid groups (broad SMARTS) is 1. The number of aromatic carboxylic acids is 1. The first kappa shape index (κ1) is 10.0. The Morgan fingerprint density at radius 2 is 2.31 bits per heavy atom. The molecule has 0 aromatic carbocycles. The molecule has 2 heterocycles. The van der Waals surface area contributed by atoms with Crippen molar-refractivity contribution in [2.24, 2.45) is 0 Å². The maximum Gasteiger partial charge on any atom is 0.349 e. The maximum atomic E-state index is 10.8. The third-order valence-corrected chi connectivity index (χ3v) is 2.09. The Labute approximate surface area is 88.3 Å². The molecule has 2 aromatic rings. The fraction of sp³-hybridized carbons (Fsp3) is 0.125. The average molecular weight is 222 g/mol. The van der Waals surface area contributed by atoms with Crippen LogP contribution in [0.1, 0.15) is 16.1 Å². The molecule has 0 aliphatic rings. The number of aromatic nitrogens is 3. The number of rotatable bonds is 2. The van der Waals surface area contributed by atoms with Gasteiger partial charge in [0.2, 0.25) is 0 Å². The van der Waals surface area contributed by atoms with E-state index in [1.165, 1.54) is 6.92 Å². The van der Waals surface area contributed by atoms with Crippen LogP contribution in [-0.4, -0.2) is 30.4 Å². The van der Waals surface area contributed by atoms with Crippen LogP contribution in [0.25, 0.3) is 5.78 Å². The molecule has 16 heavy (non-hydrogen) atoms. The molecular formula is C8H6N4O4. The van der Waals surface area contributed by atoms with Gasteiger partial charge in [-0.3, -0.25) is 0 Å². The van der Waals surface area contributed by atoms with Crippen molar-refractivity contribution in [1.82, 2.24) is 14.4 Å². The van der Waals surface area contributed by atoms with Crippen molar-refractivity contribution >= 4 is 17.6 Å². The third kappa shape index (κ3) is 1.36. The number of aryl methyl sites for hydroxylation is 1. The Morgan fingerprint density at radius 1 is 1.62 bits per heavy atom. The van der Waals surface area contributed by atoms with Crippen molar-refractivity contribution in [3.8, 4) is 0 Å². The van der Waals surface area contributed by atoms with E-state index in [1.807, 2.05) is 0 Å². The molecule has 0 aliphatic heterocycles. The minimum Gasteiger partial charge on any atom is -0.477 e. The fourth-order valence-electron chi connectivity index (χ4n) is 1.33. The molecule has 0 bridgehead atoms. The molecule has 0 unspecified atom stereocenters. The van der Waals surface area contributed by atoms with Gasteiger partial charge >= 0.3 is 17.6 Å². The highest BCUT2D eigenvalue weighted by atomic mass is 16.6. The summed E-state index contributed by atoms with van der Waals surface area (Å²) in [4.78, 5) is 28.4. The number of hydrogen-bond donors (Lipinski definition) is 1. The van der Waals surface area contributed by atoms with E-state index in [0.717, 1.165) is 16.8 Å². The maximum absolute atomic E-state index is 10.8. The molecule has 1 N–H and O–H groups in total. The lowest BCUT2D eigenvalue weighted by molar-refractivity contribution is -0.390. The van der Waals surface area contributed by atoms with Gasteiger partial charge < -0.3 is 15.2 Å². The monoisotopic (exact) mass is 222 g/mol. The van der Waals surface area contributed by atoms with Crippen LogP contribution in [0.3, 0.4) is 0 Å². The number of nitrogens with zero attached hydrogens (tertiary/aromatic N) is 4. The normalized spacial score (nSPS) is 10.6. The van der Waals surface area contributed by atoms with Crippen molar-refractivity contribution in [2.45, 2.75) is 6.92 Å². The van der Waals surface area contributed by atoms with Crippen LogP contribution in [0.4, 0.5) is 5.82 Å². The zero-order valence-corrected chi connectivity index (χ0v) is 8.12. The van der Waals surface area contributed by atoms with Crippen LogP contribution in [0.5, 0.6) is 0 Å². The summed E-state index contributed by atoms with van der Waals surface area (Å²) >= 11 is 0. The van der Waals surface area contributed by atoms with E-state index in [1.54, 1.807) is 0 Å². The number of carbonyl (C=O) groups is 1. The molecule has 0 fully saturated rings. The molecule has 2 rings (SSSR count). The Bertz CT molecular complexity index is 603. The highest BCUT2D eigenvalue weighted by Gasteiger charge is 2.19. The van der Waals surface area contributed by atoms with Gasteiger partial charge in [-0.25, -0.2) is 4.79 Å². The lowest BCUT2D eigenvalue weighted by Crippen LogP contribution is -2.06. The molecule has 2 aromatic heterocycles. The Kier molecular flexibility index (Phi) is 2.04. The van der Waals surface area contributed by atoms with E-state index < -0.39 is 10.9 Å². The predicted octanol–water partition coefficient (Wildman–Crippen LogP) is 0.644. The molecule has 82 valence electrons. The molecule has 0 amide bonds. The summed E-state index contributed by atoms with van der Waals surface area (Å²) in [7, 11) is 0. The van der Waals surface area contributed by atoms with Gasteiger partial charge in [0.15, 0.2) is 0 Å². The summed E-state index contributed by atoms with van der Waals surface area (Å²) in [6.07, 6.45) is 2.18. The fourth-order valence-corrected chi connectivity index (χ4v) is 1.33. The zero-order chi connectivity index (χ0) is 11.9. The lowest BCUT2D eigenvalue weighted by Gasteiger charge is -1.98. The number of imidazole rings is 1. The van der Waals surface area contributed by atoms with Crippen LogP contribution < -0.4 is 0 Å². The van der Waals surface area contributed by atoms with Gasteiger partial charge in [0, 0.05) is 0 Å². The summed E-state index contributed by atoms with van der Waals surface area (Å²) in [6.45, 7) is 1.50. The van der Waals surface area contributed by atoms with Crippen LogP contribution in [0.15, 0.2) is 12.4 Å². The van der Waals surface area contributed by atoms with Crippen molar-refractivity contribution in [3.05, 3.63) is 33.8 Å². The van der Waals surface area contributed by atoms with Crippen molar-refractivity contribution < 1.29 is 14.8 Å². The van der Waals surface area contributed by atoms with Gasteiger partial charge in [0.1, 0.15) is 18.0 Å². The van der Waals surface area contributed by atoms with Gasteiger partial charge in [-0.1, -0.05) is 0 Å². The van der Waals surface area contributed by atoms with E-state index in [4.69, 9.17) is 5.11 Å². The number of fused-ring (bicyclic) bond motifs is 1. The van der Waals surface area contributed by atoms with Crippen molar-refractivity contribution in [2.75, 3.05) is 0 Å². The number of carboxylic acids is 1. The molecule has 0 atom stereocenters. The minimum atomic E-state index is -1.19. The zero-order valence-electron chi connectivity index (χ0n) is 8.12. The van der Waals surface area contributed by atoms with Gasteiger partial charge in [0.25, 0.3) is 0 Å². The second-order valence-corrected chi connectivity index (χ2v) is 3.09. The molecule has 0 saturated heterocycles. The van der Waals surface area contributed by atoms with Crippen molar-refractivity contribution in [1.29, 1.82) is 0 Å². The van der Waals surface area contributed by atoms with Crippen LogP contribution >= 0.6 is 0 Å². The molecule has 0 radical (unpaired) electrons. The SMILES string of the molecule is Cc1nc2ncc([N+](=O)[O-])n2cc1C(=O)O. The third-order valence-electron chi connectivity index (χ3n) is 2.09. The summed E-state index contributed by atoms with van der Waals surface area (Å²) in [5.74, 6) is -1.39. The molecule has 0 spiro atoms. The molecule has 8 nitrogen and oxygen atoms in total. The summed E-state index contributed by atoms with van der Waals surface area (Å²) in [5.41, 5.74) is 0.175. The van der Waals surface area contributed by atoms with Crippen LogP contribution in [0, 0.1) is 17.0 Å². The van der Waals surface area contributed by atoms with E-state index in [0.29, 0.717) is 0 Å². The first-order valence-corrected chi connectivity index (χ1v) is 4.23. The first-order chi connectivity index (χ1) is 7.50. The predicted molar refractivity (Wildman–Crippen MR) is 51.3 cm³/mol. The Morgan fingerprint density at radius 3 is 2.88 bits per heavy atom. The first-order valence-electron chi connectivity index (χ1n) is 4.23. The minimum absolute atomic E-state index is 0.0893. The van der Waals surface area contributed by atoms with Crippen molar-refractivity contribution in [3.63, 3.8) is 0 Å². The summed E-state index contributed by atoms with van der Waals surface area (Å²) in [6, 6.07) is 0. The van der Waals surface area contributed by atoms with Gasteiger partial charge in [0.05, 0.1) is 5.69 Å². The van der Waals surface area contributed by atoms with Gasteiger partial charge in [-0.05, 0) is 11.8 Å². The van der Waals surface area contributed by atoms with Gasteiger partial charge in [-0.15, -0.1) is 0 Å². The van der Waals surface area contributed by atoms with Crippen LogP contribution in [-0.2, 0) is 0 Å². The average Bonchev–Trinajstić information content (AvgIpc) is 2.58. The molecule has 0 aliphatic carbocycles. The molecule has 0 saturated carbocycles. The van der Waals surface area contributed by atoms with E-state index >= 15 is 0 Å². The quantitative estimate of drug-likeness (QED) is 0.589. The highest BCUT2D eigenvalue weighted by Crippen LogP contribution is 2.15. The van der Waals surface area contributed by atoms with Crippen LogP contribution in [0.2, 0.25) is 0 Å². The second-order valence-electron chi connectivity index (χ2n) is 3.09. The van der Waals surface area contributed by atoms with E-state index in [9.17, 15) is 14.9 Å². The standard InChI is InChI=1S/C8H6N4O4/c1-4-5(7(13)14)3-11-6(12(15)16)2-9-8(11)10-4/h2-3H,1H3,(H,13,14). The number of hydrogen-bond acceptors (Lipinski definition) is 5. The number of nitro groups is 1. The highest BCUT2D eigenvalue weighted by molar-refractivity contribution is 5.88. The van der Waals surface area contributed by atoms with E-state index in [2.05, 4.69) is 9.97 Å². The summed E-state index contributed by atoms with van der Waals surface area (Å²) < 4.78 is 1.04.